The smallest absolute Gasteiger partial charge is 0.307 e. The second kappa shape index (κ2) is 4.21. The van der Waals surface area contributed by atoms with E-state index in [0.717, 1.165) is 0 Å². The van der Waals surface area contributed by atoms with E-state index in [1.165, 1.54) is 12.2 Å². The van der Waals surface area contributed by atoms with Crippen LogP contribution in [-0.2, 0) is 4.79 Å². The Hall–Kier alpha value is -1.71. The predicted molar refractivity (Wildman–Crippen MR) is 55.5 cm³/mol. The monoisotopic (exact) mass is 210 g/mol. The molecule has 0 bridgehead atoms. The number of carboxylic acids is 1. The molecule has 2 unspecified atom stereocenters. The van der Waals surface area contributed by atoms with E-state index in [1.807, 2.05) is 0 Å². The average molecular weight is 210 g/mol. The summed E-state index contributed by atoms with van der Waals surface area (Å²) in [5, 5.41) is 27.1. The molecule has 1 aliphatic carbocycles. The third-order valence-corrected chi connectivity index (χ3v) is 2.44. The van der Waals surface area contributed by atoms with Gasteiger partial charge >= 0.3 is 5.97 Å². The van der Waals surface area contributed by atoms with E-state index in [0.29, 0.717) is 12.0 Å². The molecule has 0 heterocycles. The van der Waals surface area contributed by atoms with Gasteiger partial charge in [0.05, 0.1) is 5.92 Å². The first-order chi connectivity index (χ1) is 6.97. The standard InChI is InChI=1S/C11H14O4/c1-3-9(12)10(13)4-6(2)7-5-8(7)11(14)15/h3-4,7-8,12-13H,2,5H2,1H3,(H,14,15)/b9-3+,10-4+. The fourth-order valence-electron chi connectivity index (χ4n) is 1.38. The number of aliphatic carboxylic acids is 1. The SMILES string of the molecule is C=C(/C=C(O)\C(O)=C/C)C1CC1C(=O)O. The highest BCUT2D eigenvalue weighted by Gasteiger charge is 2.44. The number of hydrogen-bond acceptors (Lipinski definition) is 3. The van der Waals surface area contributed by atoms with Gasteiger partial charge in [-0.05, 0) is 37.0 Å². The van der Waals surface area contributed by atoms with Gasteiger partial charge < -0.3 is 15.3 Å². The fourth-order valence-corrected chi connectivity index (χ4v) is 1.38. The van der Waals surface area contributed by atoms with E-state index < -0.39 is 11.9 Å². The molecule has 4 nitrogen and oxygen atoms in total. The summed E-state index contributed by atoms with van der Waals surface area (Å²) >= 11 is 0. The summed E-state index contributed by atoms with van der Waals surface area (Å²) < 4.78 is 0. The normalized spacial score (nSPS) is 26.2. The maximum Gasteiger partial charge on any atom is 0.307 e. The van der Waals surface area contributed by atoms with E-state index in [1.54, 1.807) is 6.92 Å². The van der Waals surface area contributed by atoms with Crippen LogP contribution in [0.4, 0.5) is 0 Å². The zero-order valence-corrected chi connectivity index (χ0v) is 8.47. The van der Waals surface area contributed by atoms with Crippen LogP contribution in [0.25, 0.3) is 0 Å². The van der Waals surface area contributed by atoms with Gasteiger partial charge in [0.2, 0.25) is 0 Å². The second-order valence-corrected chi connectivity index (χ2v) is 3.57. The summed E-state index contributed by atoms with van der Waals surface area (Å²) in [6, 6.07) is 0. The summed E-state index contributed by atoms with van der Waals surface area (Å²) in [6.07, 6.45) is 3.21. The van der Waals surface area contributed by atoms with Crippen LogP contribution >= 0.6 is 0 Å². The molecular formula is C11H14O4. The zero-order chi connectivity index (χ0) is 11.6. The number of carbonyl (C=O) groups is 1. The largest absolute Gasteiger partial charge is 0.504 e. The van der Waals surface area contributed by atoms with E-state index in [9.17, 15) is 9.90 Å². The molecule has 1 aliphatic rings. The number of allylic oxidation sites excluding steroid dienone is 3. The molecule has 0 amide bonds. The predicted octanol–water partition coefficient (Wildman–Crippen LogP) is 2.17. The Morgan fingerprint density at radius 2 is 1.87 bits per heavy atom. The van der Waals surface area contributed by atoms with Crippen molar-refractivity contribution in [2.45, 2.75) is 13.3 Å². The molecule has 0 aliphatic heterocycles. The molecule has 82 valence electrons. The van der Waals surface area contributed by atoms with Crippen LogP contribution < -0.4 is 0 Å². The first-order valence-corrected chi connectivity index (χ1v) is 4.65. The minimum Gasteiger partial charge on any atom is -0.504 e. The van der Waals surface area contributed by atoms with Gasteiger partial charge in [-0.15, -0.1) is 0 Å². The number of rotatable bonds is 4. The molecule has 1 saturated carbocycles. The lowest BCUT2D eigenvalue weighted by Gasteiger charge is -2.00. The van der Waals surface area contributed by atoms with Crippen molar-refractivity contribution in [1.29, 1.82) is 0 Å². The van der Waals surface area contributed by atoms with Gasteiger partial charge in [0.15, 0.2) is 11.5 Å². The minimum absolute atomic E-state index is 0.116. The highest BCUT2D eigenvalue weighted by molar-refractivity contribution is 5.74. The molecule has 3 N–H and O–H groups in total. The molecule has 0 saturated heterocycles. The Bertz CT molecular complexity index is 352. The molecule has 0 spiro atoms. The van der Waals surface area contributed by atoms with Crippen LogP contribution in [0.15, 0.2) is 35.8 Å². The lowest BCUT2D eigenvalue weighted by atomic mass is 10.1. The summed E-state index contributed by atoms with van der Waals surface area (Å²) in [7, 11) is 0. The summed E-state index contributed by atoms with van der Waals surface area (Å²) in [5.74, 6) is -1.87. The quantitative estimate of drug-likeness (QED) is 0.491. The van der Waals surface area contributed by atoms with Gasteiger partial charge in [-0.1, -0.05) is 6.58 Å². The fraction of sp³-hybridized carbons (Fsp3) is 0.364. The topological polar surface area (TPSA) is 77.8 Å². The van der Waals surface area contributed by atoms with Crippen molar-refractivity contribution < 1.29 is 20.1 Å². The summed E-state index contributed by atoms with van der Waals surface area (Å²) in [5.41, 5.74) is 0.535. The zero-order valence-electron chi connectivity index (χ0n) is 8.47. The Morgan fingerprint density at radius 1 is 1.27 bits per heavy atom. The van der Waals surface area contributed by atoms with Crippen LogP contribution in [0.1, 0.15) is 13.3 Å². The molecule has 1 fully saturated rings. The van der Waals surface area contributed by atoms with Crippen molar-refractivity contribution in [1.82, 2.24) is 0 Å². The first kappa shape index (κ1) is 11.4. The number of aliphatic hydroxyl groups is 2. The Kier molecular flexibility index (Phi) is 3.19. The Morgan fingerprint density at radius 3 is 2.27 bits per heavy atom. The molecule has 0 aromatic heterocycles. The van der Waals surface area contributed by atoms with Gasteiger partial charge in [0.1, 0.15) is 0 Å². The van der Waals surface area contributed by atoms with Crippen LogP contribution in [0.2, 0.25) is 0 Å². The van der Waals surface area contributed by atoms with Crippen LogP contribution in [0, 0.1) is 11.8 Å². The van der Waals surface area contributed by atoms with Gasteiger partial charge in [-0.2, -0.15) is 0 Å². The highest BCUT2D eigenvalue weighted by Crippen LogP contribution is 2.44. The lowest BCUT2D eigenvalue weighted by Crippen LogP contribution is -2.00. The molecule has 15 heavy (non-hydrogen) atoms. The van der Waals surface area contributed by atoms with E-state index in [4.69, 9.17) is 10.2 Å². The third kappa shape index (κ3) is 2.62. The number of aliphatic hydroxyl groups excluding tert-OH is 2. The molecule has 4 heteroatoms. The third-order valence-electron chi connectivity index (χ3n) is 2.44. The van der Waals surface area contributed by atoms with Crippen molar-refractivity contribution in [2.24, 2.45) is 11.8 Å². The first-order valence-electron chi connectivity index (χ1n) is 4.65. The van der Waals surface area contributed by atoms with E-state index in [-0.39, 0.29) is 17.4 Å². The van der Waals surface area contributed by atoms with Crippen LogP contribution in [0.5, 0.6) is 0 Å². The van der Waals surface area contributed by atoms with Crippen molar-refractivity contribution in [3.8, 4) is 0 Å². The maximum absolute atomic E-state index is 10.6. The molecule has 0 aromatic carbocycles. The molecule has 0 radical (unpaired) electrons. The van der Waals surface area contributed by atoms with Gasteiger partial charge in [-0.3, -0.25) is 4.79 Å². The molecule has 2 atom stereocenters. The van der Waals surface area contributed by atoms with Crippen LogP contribution in [0.3, 0.4) is 0 Å². The summed E-state index contributed by atoms with van der Waals surface area (Å²) in [4.78, 5) is 10.6. The second-order valence-electron chi connectivity index (χ2n) is 3.57. The Labute approximate surface area is 87.9 Å². The lowest BCUT2D eigenvalue weighted by molar-refractivity contribution is -0.138. The minimum atomic E-state index is -0.843. The molecule has 1 rings (SSSR count). The maximum atomic E-state index is 10.6. The molecule has 0 aromatic rings. The van der Waals surface area contributed by atoms with Crippen LogP contribution in [-0.4, -0.2) is 21.3 Å². The van der Waals surface area contributed by atoms with Crippen molar-refractivity contribution in [2.75, 3.05) is 0 Å². The number of carboxylic acid groups (broad SMARTS) is 1. The van der Waals surface area contributed by atoms with Crippen molar-refractivity contribution in [3.63, 3.8) is 0 Å². The van der Waals surface area contributed by atoms with Crippen molar-refractivity contribution >= 4 is 5.97 Å². The Balaban J connectivity index is 2.62. The summed E-state index contributed by atoms with van der Waals surface area (Å²) in [6.45, 7) is 5.25. The van der Waals surface area contributed by atoms with Crippen molar-refractivity contribution in [3.05, 3.63) is 35.8 Å². The van der Waals surface area contributed by atoms with E-state index >= 15 is 0 Å². The highest BCUT2D eigenvalue weighted by atomic mass is 16.4. The van der Waals surface area contributed by atoms with E-state index in [2.05, 4.69) is 6.58 Å². The van der Waals surface area contributed by atoms with Gasteiger partial charge in [-0.25, -0.2) is 0 Å². The number of hydrogen-bond donors (Lipinski definition) is 3. The van der Waals surface area contributed by atoms with Gasteiger partial charge in [0.25, 0.3) is 0 Å². The molecular weight excluding hydrogens is 196 g/mol. The van der Waals surface area contributed by atoms with Gasteiger partial charge in [0, 0.05) is 0 Å². The average Bonchev–Trinajstić information content (AvgIpc) is 2.95.